The number of nitrogens with zero attached hydrogens (tertiary/aromatic N) is 4. The highest BCUT2D eigenvalue weighted by atomic mass is 16.5. The summed E-state index contributed by atoms with van der Waals surface area (Å²) in [4.78, 5) is 14.3. The smallest absolute Gasteiger partial charge is 0.276 e. The lowest BCUT2D eigenvalue weighted by molar-refractivity contribution is -0.0127. The number of fused-ring (bicyclic) bond motifs is 1. The molecule has 1 saturated carbocycles. The van der Waals surface area contributed by atoms with Crippen LogP contribution < -0.4 is 0 Å². The summed E-state index contributed by atoms with van der Waals surface area (Å²) in [6, 6.07) is 1.67. The van der Waals surface area contributed by atoms with Crippen molar-refractivity contribution >= 4 is 5.91 Å². The molecule has 8 heteroatoms. The molecule has 4 heterocycles. The number of carbonyl (C=O) groups excluding carboxylic acids is 1. The van der Waals surface area contributed by atoms with E-state index in [1.165, 1.54) is 0 Å². The molecule has 0 N–H and O–H groups in total. The Morgan fingerprint density at radius 1 is 1.24 bits per heavy atom. The van der Waals surface area contributed by atoms with E-state index in [0.29, 0.717) is 42.3 Å². The number of rotatable bonds is 3. The molecule has 3 atom stereocenters. The van der Waals surface area contributed by atoms with Gasteiger partial charge in [-0.2, -0.15) is 0 Å². The molecule has 132 valence electrons. The van der Waals surface area contributed by atoms with Gasteiger partial charge in [0, 0.05) is 25.1 Å². The minimum Gasteiger partial charge on any atom is -0.422 e. The van der Waals surface area contributed by atoms with Gasteiger partial charge in [0.2, 0.25) is 11.8 Å². The van der Waals surface area contributed by atoms with Gasteiger partial charge in [-0.15, -0.1) is 10.2 Å². The first-order valence-electron chi connectivity index (χ1n) is 8.88. The van der Waals surface area contributed by atoms with Gasteiger partial charge in [0.05, 0.1) is 6.10 Å². The van der Waals surface area contributed by atoms with E-state index in [9.17, 15) is 4.79 Å². The second-order valence-electron chi connectivity index (χ2n) is 7.27. The fourth-order valence-corrected chi connectivity index (χ4v) is 3.77. The molecule has 1 amide bonds. The second kappa shape index (κ2) is 5.66. The van der Waals surface area contributed by atoms with Gasteiger partial charge in [0.1, 0.15) is 11.9 Å². The van der Waals surface area contributed by atoms with Crippen LogP contribution >= 0.6 is 0 Å². The Bertz CT molecular complexity index is 796. The molecule has 3 aliphatic rings. The van der Waals surface area contributed by atoms with Crippen LogP contribution in [0.1, 0.15) is 65.7 Å². The number of likely N-dealkylation sites (tertiary alicyclic amines) is 1. The summed E-state index contributed by atoms with van der Waals surface area (Å²) in [7, 11) is 0. The van der Waals surface area contributed by atoms with Crippen molar-refractivity contribution in [3.8, 4) is 0 Å². The fraction of sp³-hybridized carbons (Fsp3) is 0.647. The average molecular weight is 344 g/mol. The number of hydrogen-bond acceptors (Lipinski definition) is 7. The molecule has 2 aromatic rings. The van der Waals surface area contributed by atoms with Crippen LogP contribution in [0.4, 0.5) is 0 Å². The summed E-state index contributed by atoms with van der Waals surface area (Å²) in [5.41, 5.74) is 0.358. The standard InChI is InChI=1S/C17H20N4O4/c1-9-6-12(20-25-9)17(22)21-5-4-11-7-13(23-14(11)8-21)16-19-18-15(24-16)10-2-3-10/h6,10-11,13-14H,2-5,7-8H2,1H3/t11-,13-,14+/m0/s1. The number of ether oxygens (including phenoxy) is 1. The van der Waals surface area contributed by atoms with E-state index in [-0.39, 0.29) is 18.1 Å². The van der Waals surface area contributed by atoms with Gasteiger partial charge in [-0.1, -0.05) is 5.16 Å². The van der Waals surface area contributed by atoms with Crippen LogP contribution in [0.3, 0.4) is 0 Å². The van der Waals surface area contributed by atoms with E-state index in [2.05, 4.69) is 15.4 Å². The third-order valence-corrected chi connectivity index (χ3v) is 5.34. The Morgan fingerprint density at radius 3 is 2.84 bits per heavy atom. The zero-order valence-corrected chi connectivity index (χ0v) is 14.1. The number of aryl methyl sites for hydroxylation is 1. The maximum absolute atomic E-state index is 12.5. The van der Waals surface area contributed by atoms with Gasteiger partial charge in [-0.05, 0) is 38.5 Å². The van der Waals surface area contributed by atoms with E-state index in [1.54, 1.807) is 17.9 Å². The minimum absolute atomic E-state index is 0.00646. The number of hydrogen-bond donors (Lipinski definition) is 0. The molecule has 0 unspecified atom stereocenters. The largest absolute Gasteiger partial charge is 0.422 e. The van der Waals surface area contributed by atoms with Crippen molar-refractivity contribution in [2.24, 2.45) is 5.92 Å². The van der Waals surface area contributed by atoms with Crippen LogP contribution in [0.2, 0.25) is 0 Å². The lowest BCUT2D eigenvalue weighted by Gasteiger charge is -2.33. The third-order valence-electron chi connectivity index (χ3n) is 5.34. The van der Waals surface area contributed by atoms with E-state index in [4.69, 9.17) is 13.7 Å². The maximum Gasteiger partial charge on any atom is 0.276 e. The lowest BCUT2D eigenvalue weighted by atomic mass is 9.91. The first kappa shape index (κ1) is 15.1. The van der Waals surface area contributed by atoms with Crippen molar-refractivity contribution < 1.29 is 18.5 Å². The minimum atomic E-state index is -0.153. The van der Waals surface area contributed by atoms with Crippen LogP contribution in [0.25, 0.3) is 0 Å². The average Bonchev–Trinajstić information content (AvgIpc) is 3.03. The zero-order chi connectivity index (χ0) is 17.0. The summed E-state index contributed by atoms with van der Waals surface area (Å²) >= 11 is 0. The third kappa shape index (κ3) is 2.74. The number of amides is 1. The summed E-state index contributed by atoms with van der Waals surface area (Å²) in [5, 5.41) is 12.1. The van der Waals surface area contributed by atoms with Gasteiger partial charge < -0.3 is 18.6 Å². The maximum atomic E-state index is 12.5. The quantitative estimate of drug-likeness (QED) is 0.842. The van der Waals surface area contributed by atoms with E-state index < -0.39 is 0 Å². The predicted octanol–water partition coefficient (Wildman–Crippen LogP) is 2.24. The topological polar surface area (TPSA) is 94.5 Å². The Hall–Kier alpha value is -2.22. The molecule has 0 aromatic carbocycles. The van der Waals surface area contributed by atoms with Gasteiger partial charge >= 0.3 is 0 Å². The lowest BCUT2D eigenvalue weighted by Crippen LogP contribution is -2.45. The van der Waals surface area contributed by atoms with Crippen molar-refractivity contribution in [1.82, 2.24) is 20.3 Å². The van der Waals surface area contributed by atoms with E-state index in [0.717, 1.165) is 31.6 Å². The second-order valence-corrected chi connectivity index (χ2v) is 7.27. The summed E-state index contributed by atoms with van der Waals surface area (Å²) in [6.07, 6.45) is 3.91. The molecule has 0 radical (unpaired) electrons. The van der Waals surface area contributed by atoms with Crippen molar-refractivity contribution in [2.45, 2.75) is 50.7 Å². The molecule has 8 nitrogen and oxygen atoms in total. The zero-order valence-electron chi connectivity index (χ0n) is 14.1. The number of piperidine rings is 1. The summed E-state index contributed by atoms with van der Waals surface area (Å²) in [5.74, 6) is 2.73. The molecule has 0 bridgehead atoms. The Morgan fingerprint density at radius 2 is 2.08 bits per heavy atom. The molecule has 3 fully saturated rings. The molecular formula is C17H20N4O4. The highest BCUT2D eigenvalue weighted by Crippen LogP contribution is 2.43. The molecule has 2 aliphatic heterocycles. The van der Waals surface area contributed by atoms with Gasteiger partial charge in [0.25, 0.3) is 5.91 Å². The first-order valence-corrected chi connectivity index (χ1v) is 8.88. The molecule has 5 rings (SSSR count). The molecule has 25 heavy (non-hydrogen) atoms. The van der Waals surface area contributed by atoms with Crippen molar-refractivity contribution in [3.05, 3.63) is 29.3 Å². The summed E-state index contributed by atoms with van der Waals surface area (Å²) < 4.78 is 17.0. The Kier molecular flexibility index (Phi) is 3.41. The monoisotopic (exact) mass is 344 g/mol. The van der Waals surface area contributed by atoms with Crippen molar-refractivity contribution in [3.63, 3.8) is 0 Å². The number of carbonyl (C=O) groups is 1. The molecule has 1 aliphatic carbocycles. The van der Waals surface area contributed by atoms with Crippen molar-refractivity contribution in [1.29, 1.82) is 0 Å². The van der Waals surface area contributed by atoms with Gasteiger partial charge in [0.15, 0.2) is 5.69 Å². The first-order chi connectivity index (χ1) is 12.2. The molecular weight excluding hydrogens is 324 g/mol. The molecule has 0 spiro atoms. The normalized spacial score (nSPS) is 29.0. The van der Waals surface area contributed by atoms with E-state index in [1.807, 2.05) is 0 Å². The highest BCUT2D eigenvalue weighted by Gasteiger charge is 2.43. The van der Waals surface area contributed by atoms with Crippen LogP contribution in [0, 0.1) is 12.8 Å². The van der Waals surface area contributed by atoms with Gasteiger partial charge in [-0.25, -0.2) is 0 Å². The predicted molar refractivity (Wildman–Crippen MR) is 83.8 cm³/mol. The van der Waals surface area contributed by atoms with Crippen LogP contribution in [0.15, 0.2) is 15.0 Å². The Labute approximate surface area is 144 Å². The van der Waals surface area contributed by atoms with Gasteiger partial charge in [-0.3, -0.25) is 4.79 Å². The fourth-order valence-electron chi connectivity index (χ4n) is 3.77. The molecule has 2 saturated heterocycles. The summed E-state index contributed by atoms with van der Waals surface area (Å²) in [6.45, 7) is 3.05. The SMILES string of the molecule is Cc1cc(C(=O)N2CC[C@H]3C[C@@H](c4nnc(C5CC5)o4)O[C@@H]3C2)no1. The van der Waals surface area contributed by atoms with Crippen LogP contribution in [-0.2, 0) is 4.74 Å². The Balaban J connectivity index is 1.26. The molecule has 2 aromatic heterocycles. The van der Waals surface area contributed by atoms with Crippen LogP contribution in [-0.4, -0.2) is 45.4 Å². The highest BCUT2D eigenvalue weighted by molar-refractivity contribution is 5.92. The number of aromatic nitrogens is 3. The van der Waals surface area contributed by atoms with Crippen molar-refractivity contribution in [2.75, 3.05) is 13.1 Å². The van der Waals surface area contributed by atoms with Crippen LogP contribution in [0.5, 0.6) is 0 Å². The van der Waals surface area contributed by atoms with E-state index >= 15 is 0 Å².